The summed E-state index contributed by atoms with van der Waals surface area (Å²) in [6.07, 6.45) is 1.99. The van der Waals surface area contributed by atoms with Crippen molar-refractivity contribution in [2.75, 3.05) is 27.4 Å². The molecule has 0 unspecified atom stereocenters. The summed E-state index contributed by atoms with van der Waals surface area (Å²) in [5, 5.41) is 7.11. The molecular formula is C19H23N3O5. The number of hydrogen-bond acceptors (Lipinski definition) is 6. The van der Waals surface area contributed by atoms with E-state index in [2.05, 4.69) is 10.4 Å². The second-order valence-corrected chi connectivity index (χ2v) is 6.22. The van der Waals surface area contributed by atoms with Crippen LogP contribution in [0.2, 0.25) is 0 Å². The Hall–Kier alpha value is -2.87. The van der Waals surface area contributed by atoms with Crippen LogP contribution in [0.15, 0.2) is 35.1 Å². The van der Waals surface area contributed by atoms with Crippen molar-refractivity contribution in [2.24, 2.45) is 0 Å². The van der Waals surface area contributed by atoms with Crippen LogP contribution in [-0.4, -0.2) is 49.2 Å². The van der Waals surface area contributed by atoms with Crippen molar-refractivity contribution in [2.45, 2.75) is 25.5 Å². The molecule has 1 aromatic heterocycles. The second kappa shape index (κ2) is 8.68. The first-order chi connectivity index (χ1) is 13.1. The highest BCUT2D eigenvalue weighted by Gasteiger charge is 2.17. The third kappa shape index (κ3) is 4.65. The van der Waals surface area contributed by atoms with Crippen molar-refractivity contribution in [3.63, 3.8) is 0 Å². The van der Waals surface area contributed by atoms with Gasteiger partial charge in [0.1, 0.15) is 18.0 Å². The number of carbonyl (C=O) groups excluding carboxylic acids is 1. The van der Waals surface area contributed by atoms with Gasteiger partial charge in [0, 0.05) is 24.8 Å². The van der Waals surface area contributed by atoms with Crippen LogP contribution in [0.25, 0.3) is 11.3 Å². The molecule has 27 heavy (non-hydrogen) atoms. The molecule has 1 aromatic carbocycles. The summed E-state index contributed by atoms with van der Waals surface area (Å²) in [5.74, 6) is 0.950. The van der Waals surface area contributed by atoms with Crippen molar-refractivity contribution < 1.29 is 19.0 Å². The quantitative estimate of drug-likeness (QED) is 0.785. The molecule has 0 bridgehead atoms. The number of rotatable bonds is 7. The largest absolute Gasteiger partial charge is 0.497 e. The zero-order chi connectivity index (χ0) is 19.2. The minimum atomic E-state index is -0.354. The minimum absolute atomic E-state index is 0.0472. The van der Waals surface area contributed by atoms with E-state index in [1.807, 2.05) is 0 Å². The maximum Gasteiger partial charge on any atom is 0.267 e. The van der Waals surface area contributed by atoms with Gasteiger partial charge in [-0.15, -0.1) is 0 Å². The Kier molecular flexibility index (Phi) is 6.08. The lowest BCUT2D eigenvalue weighted by atomic mass is 10.1. The van der Waals surface area contributed by atoms with E-state index in [0.717, 1.165) is 24.1 Å². The number of benzene rings is 1. The van der Waals surface area contributed by atoms with E-state index in [0.29, 0.717) is 29.3 Å². The van der Waals surface area contributed by atoms with E-state index >= 15 is 0 Å². The molecule has 144 valence electrons. The summed E-state index contributed by atoms with van der Waals surface area (Å²) < 4.78 is 17.2. The Morgan fingerprint density at radius 3 is 2.85 bits per heavy atom. The number of nitrogens with zero attached hydrogens (tertiary/aromatic N) is 2. The standard InChI is InChI=1S/C19H23N3O5/c1-25-13-5-7-17(26-2)15(10-13)16-6-8-19(24)22(21-16)12-18(23)20-11-14-4-3-9-27-14/h5-8,10,14H,3-4,9,11-12H2,1-2H3,(H,20,23)/t14-/m0/s1. The summed E-state index contributed by atoms with van der Waals surface area (Å²) >= 11 is 0. The Bertz CT molecular complexity index is 859. The molecule has 1 fully saturated rings. The zero-order valence-corrected chi connectivity index (χ0v) is 15.4. The fourth-order valence-corrected chi connectivity index (χ4v) is 2.94. The fourth-order valence-electron chi connectivity index (χ4n) is 2.94. The maximum absolute atomic E-state index is 12.2. The molecule has 0 radical (unpaired) electrons. The van der Waals surface area contributed by atoms with Crippen molar-refractivity contribution in [3.05, 3.63) is 40.7 Å². The highest BCUT2D eigenvalue weighted by molar-refractivity contribution is 5.75. The molecule has 0 saturated carbocycles. The van der Waals surface area contributed by atoms with Gasteiger partial charge < -0.3 is 19.5 Å². The van der Waals surface area contributed by atoms with Gasteiger partial charge in [0.05, 0.1) is 26.0 Å². The molecule has 8 nitrogen and oxygen atoms in total. The van der Waals surface area contributed by atoms with Gasteiger partial charge in [-0.25, -0.2) is 4.68 Å². The number of carbonyl (C=O) groups is 1. The van der Waals surface area contributed by atoms with Crippen molar-refractivity contribution in [1.82, 2.24) is 15.1 Å². The summed E-state index contributed by atoms with van der Waals surface area (Å²) in [7, 11) is 3.12. The normalized spacial score (nSPS) is 16.1. The van der Waals surface area contributed by atoms with E-state index in [1.165, 1.54) is 6.07 Å². The Morgan fingerprint density at radius 1 is 1.30 bits per heavy atom. The van der Waals surface area contributed by atoms with Crippen LogP contribution in [0.4, 0.5) is 0 Å². The van der Waals surface area contributed by atoms with Gasteiger partial charge in [0.2, 0.25) is 5.91 Å². The lowest BCUT2D eigenvalue weighted by Crippen LogP contribution is -2.37. The molecule has 1 aliphatic rings. The molecular weight excluding hydrogens is 350 g/mol. The molecule has 1 amide bonds. The SMILES string of the molecule is COc1ccc(OC)c(-c2ccc(=O)n(CC(=O)NC[C@@H]3CCCO3)n2)c1. The smallest absolute Gasteiger partial charge is 0.267 e. The van der Waals surface area contributed by atoms with Crippen molar-refractivity contribution in [3.8, 4) is 22.8 Å². The van der Waals surface area contributed by atoms with Crippen LogP contribution in [0, 0.1) is 0 Å². The topological polar surface area (TPSA) is 91.7 Å². The van der Waals surface area contributed by atoms with Gasteiger partial charge in [-0.3, -0.25) is 9.59 Å². The van der Waals surface area contributed by atoms with E-state index < -0.39 is 0 Å². The van der Waals surface area contributed by atoms with Crippen LogP contribution < -0.4 is 20.3 Å². The molecule has 1 N–H and O–H groups in total. The lowest BCUT2D eigenvalue weighted by molar-refractivity contribution is -0.122. The average Bonchev–Trinajstić information content (AvgIpc) is 3.21. The number of aromatic nitrogens is 2. The number of hydrogen-bond donors (Lipinski definition) is 1. The molecule has 2 aromatic rings. The Labute approximate surface area is 157 Å². The highest BCUT2D eigenvalue weighted by atomic mass is 16.5. The second-order valence-electron chi connectivity index (χ2n) is 6.22. The van der Waals surface area contributed by atoms with E-state index in [9.17, 15) is 9.59 Å². The molecule has 2 heterocycles. The number of methoxy groups -OCH3 is 2. The maximum atomic E-state index is 12.2. The van der Waals surface area contributed by atoms with Gasteiger partial charge in [0.15, 0.2) is 0 Å². The van der Waals surface area contributed by atoms with Crippen LogP contribution in [0.5, 0.6) is 11.5 Å². The first-order valence-electron chi connectivity index (χ1n) is 8.79. The third-order valence-corrected chi connectivity index (χ3v) is 4.39. The van der Waals surface area contributed by atoms with Gasteiger partial charge in [-0.2, -0.15) is 5.10 Å². The number of ether oxygens (including phenoxy) is 3. The first-order valence-corrected chi connectivity index (χ1v) is 8.79. The van der Waals surface area contributed by atoms with Crippen LogP contribution >= 0.6 is 0 Å². The minimum Gasteiger partial charge on any atom is -0.497 e. The monoisotopic (exact) mass is 373 g/mol. The van der Waals surface area contributed by atoms with Crippen molar-refractivity contribution in [1.29, 1.82) is 0 Å². The predicted octanol–water partition coefficient (Wildman–Crippen LogP) is 1.22. The summed E-state index contributed by atoms with van der Waals surface area (Å²) in [4.78, 5) is 24.3. The fraction of sp³-hybridized carbons (Fsp3) is 0.421. The summed E-state index contributed by atoms with van der Waals surface area (Å²) in [6, 6.07) is 8.29. The molecule has 0 aliphatic carbocycles. The Morgan fingerprint density at radius 2 is 2.15 bits per heavy atom. The van der Waals surface area contributed by atoms with Gasteiger partial charge in [-0.1, -0.05) is 0 Å². The van der Waals surface area contributed by atoms with E-state index in [-0.39, 0.29) is 24.1 Å². The van der Waals surface area contributed by atoms with Crippen LogP contribution in [0.3, 0.4) is 0 Å². The molecule has 1 saturated heterocycles. The summed E-state index contributed by atoms with van der Waals surface area (Å²) in [6.45, 7) is 1.01. The number of nitrogens with one attached hydrogen (secondary N) is 1. The van der Waals surface area contributed by atoms with Gasteiger partial charge in [-0.05, 0) is 37.1 Å². The number of amides is 1. The zero-order valence-electron chi connectivity index (χ0n) is 15.4. The molecule has 8 heteroatoms. The molecule has 3 rings (SSSR count). The molecule has 0 spiro atoms. The lowest BCUT2D eigenvalue weighted by Gasteiger charge is -2.13. The molecule has 1 aliphatic heterocycles. The Balaban J connectivity index is 1.78. The van der Waals surface area contributed by atoms with Crippen LogP contribution in [0.1, 0.15) is 12.8 Å². The highest BCUT2D eigenvalue weighted by Crippen LogP contribution is 2.31. The summed E-state index contributed by atoms with van der Waals surface area (Å²) in [5.41, 5.74) is 0.829. The van der Waals surface area contributed by atoms with E-state index in [1.54, 1.807) is 38.5 Å². The average molecular weight is 373 g/mol. The van der Waals surface area contributed by atoms with Crippen LogP contribution in [-0.2, 0) is 16.1 Å². The van der Waals surface area contributed by atoms with Gasteiger partial charge >= 0.3 is 0 Å². The first kappa shape index (κ1) is 18.9. The van der Waals surface area contributed by atoms with Gasteiger partial charge in [0.25, 0.3) is 5.56 Å². The van der Waals surface area contributed by atoms with E-state index in [4.69, 9.17) is 14.2 Å². The van der Waals surface area contributed by atoms with Crippen molar-refractivity contribution >= 4 is 5.91 Å². The third-order valence-electron chi connectivity index (χ3n) is 4.39. The molecule has 1 atom stereocenters. The predicted molar refractivity (Wildman–Crippen MR) is 99.0 cm³/mol.